The number of rotatable bonds is 7. The zero-order valence-electron chi connectivity index (χ0n) is 31.7. The maximum absolute atomic E-state index is 2.45. The van der Waals surface area contributed by atoms with Crippen LogP contribution in [-0.4, -0.2) is 0 Å². The summed E-state index contributed by atoms with van der Waals surface area (Å²) in [5.74, 6) is 0. The Balaban J connectivity index is 1.06. The van der Waals surface area contributed by atoms with Crippen molar-refractivity contribution in [3.05, 3.63) is 223 Å². The Morgan fingerprint density at radius 1 is 0.321 bits per heavy atom. The van der Waals surface area contributed by atoms with Gasteiger partial charge in [-0.1, -0.05) is 184 Å². The van der Waals surface area contributed by atoms with Crippen LogP contribution in [0.3, 0.4) is 0 Å². The van der Waals surface area contributed by atoms with Crippen LogP contribution in [0.1, 0.15) is 25.0 Å². The minimum Gasteiger partial charge on any atom is -0.310 e. The SMILES string of the molecule is CC1(C)c2ccccc2-c2c(N(c3ccc(-c4ccc(-c5ccc6ccccc6c5)cc4)cc3)c3cccc(-c4cccc(-c5ccccc5)c4)c3)cccc21. The Kier molecular flexibility index (Phi) is 8.23. The highest BCUT2D eigenvalue weighted by atomic mass is 15.1. The fraction of sp³-hybridized carbons (Fsp3) is 0.0545. The van der Waals surface area contributed by atoms with E-state index in [4.69, 9.17) is 0 Å². The molecule has 9 aromatic carbocycles. The number of fused-ring (bicyclic) bond motifs is 4. The monoisotopic (exact) mass is 715 g/mol. The van der Waals surface area contributed by atoms with E-state index in [1.165, 1.54) is 83.2 Å². The van der Waals surface area contributed by atoms with E-state index in [2.05, 4.69) is 231 Å². The average molecular weight is 716 g/mol. The third-order valence-electron chi connectivity index (χ3n) is 11.7. The lowest BCUT2D eigenvalue weighted by Gasteiger charge is -2.29. The standard InChI is InChI=1S/C55H41N/c1-55(2)51-22-9-8-21-50(51)54-52(55)23-12-24-53(54)56(49-20-11-19-46(37-49)45-18-10-17-44(35-45)38-13-4-3-5-14-38)48-33-31-41(32-34-48)40-25-27-42(28-26-40)47-30-29-39-15-6-7-16-43(39)36-47/h3-37H,1-2H3. The van der Waals surface area contributed by atoms with Gasteiger partial charge in [0.05, 0.1) is 5.69 Å². The van der Waals surface area contributed by atoms with Gasteiger partial charge in [0, 0.05) is 22.4 Å². The molecule has 1 nitrogen and oxygen atoms in total. The topological polar surface area (TPSA) is 3.24 Å². The van der Waals surface area contributed by atoms with E-state index in [-0.39, 0.29) is 5.41 Å². The van der Waals surface area contributed by atoms with Crippen molar-refractivity contribution < 1.29 is 0 Å². The molecule has 0 N–H and O–H groups in total. The fourth-order valence-electron chi connectivity index (χ4n) is 8.71. The lowest BCUT2D eigenvalue weighted by Crippen LogP contribution is -2.16. The molecule has 0 radical (unpaired) electrons. The van der Waals surface area contributed by atoms with Crippen LogP contribution >= 0.6 is 0 Å². The molecule has 1 heteroatoms. The molecule has 0 unspecified atom stereocenters. The molecule has 9 aromatic rings. The summed E-state index contributed by atoms with van der Waals surface area (Å²) in [6, 6.07) is 77.6. The summed E-state index contributed by atoms with van der Waals surface area (Å²) in [4.78, 5) is 2.45. The Hall–Kier alpha value is -6.96. The molecular weight excluding hydrogens is 675 g/mol. The zero-order chi connectivity index (χ0) is 37.6. The Labute approximate surface area is 329 Å². The summed E-state index contributed by atoms with van der Waals surface area (Å²) in [5, 5.41) is 2.52. The molecule has 0 fully saturated rings. The second-order valence-electron chi connectivity index (χ2n) is 15.4. The van der Waals surface area contributed by atoms with Gasteiger partial charge in [0.2, 0.25) is 0 Å². The Bertz CT molecular complexity index is 2860. The van der Waals surface area contributed by atoms with E-state index in [1.807, 2.05) is 0 Å². The van der Waals surface area contributed by atoms with Crippen LogP contribution in [0.4, 0.5) is 17.1 Å². The second-order valence-corrected chi connectivity index (χ2v) is 15.4. The molecular formula is C55H41N. The van der Waals surface area contributed by atoms with Crippen molar-refractivity contribution in [2.24, 2.45) is 0 Å². The first kappa shape index (κ1) is 33.6. The first-order valence-corrected chi connectivity index (χ1v) is 19.5. The van der Waals surface area contributed by atoms with Gasteiger partial charge in [0.25, 0.3) is 0 Å². The first-order chi connectivity index (χ1) is 27.5. The van der Waals surface area contributed by atoms with Gasteiger partial charge in [-0.15, -0.1) is 0 Å². The van der Waals surface area contributed by atoms with Crippen molar-refractivity contribution in [2.75, 3.05) is 4.90 Å². The quantitative estimate of drug-likeness (QED) is 0.159. The molecule has 56 heavy (non-hydrogen) atoms. The zero-order valence-corrected chi connectivity index (χ0v) is 31.7. The molecule has 10 rings (SSSR count). The highest BCUT2D eigenvalue weighted by Crippen LogP contribution is 2.54. The third-order valence-corrected chi connectivity index (χ3v) is 11.7. The van der Waals surface area contributed by atoms with Gasteiger partial charge < -0.3 is 4.90 Å². The van der Waals surface area contributed by atoms with Gasteiger partial charge in [-0.3, -0.25) is 0 Å². The number of nitrogens with zero attached hydrogens (tertiary/aromatic N) is 1. The molecule has 1 aliphatic rings. The van der Waals surface area contributed by atoms with Crippen molar-refractivity contribution >= 4 is 27.8 Å². The van der Waals surface area contributed by atoms with Gasteiger partial charge in [0.1, 0.15) is 0 Å². The molecule has 0 aromatic heterocycles. The van der Waals surface area contributed by atoms with Crippen LogP contribution in [0.5, 0.6) is 0 Å². The second kappa shape index (κ2) is 13.7. The number of hydrogen-bond acceptors (Lipinski definition) is 1. The predicted octanol–water partition coefficient (Wildman–Crippen LogP) is 15.3. The Morgan fingerprint density at radius 2 is 0.821 bits per heavy atom. The van der Waals surface area contributed by atoms with Gasteiger partial charge in [-0.05, 0) is 114 Å². The summed E-state index contributed by atoms with van der Waals surface area (Å²) in [6.07, 6.45) is 0. The van der Waals surface area contributed by atoms with Crippen molar-refractivity contribution in [1.29, 1.82) is 0 Å². The maximum atomic E-state index is 2.45. The molecule has 0 spiro atoms. The Morgan fingerprint density at radius 3 is 1.59 bits per heavy atom. The van der Waals surface area contributed by atoms with Gasteiger partial charge >= 0.3 is 0 Å². The minimum absolute atomic E-state index is 0.101. The summed E-state index contributed by atoms with van der Waals surface area (Å²) in [7, 11) is 0. The molecule has 1 aliphatic carbocycles. The lowest BCUT2D eigenvalue weighted by molar-refractivity contribution is 0.660. The summed E-state index contributed by atoms with van der Waals surface area (Å²) < 4.78 is 0. The number of benzene rings is 9. The molecule has 0 bridgehead atoms. The van der Waals surface area contributed by atoms with Crippen molar-refractivity contribution in [2.45, 2.75) is 19.3 Å². The van der Waals surface area contributed by atoms with E-state index in [0.29, 0.717) is 0 Å². The van der Waals surface area contributed by atoms with Crippen LogP contribution < -0.4 is 4.90 Å². The maximum Gasteiger partial charge on any atom is 0.0543 e. The van der Waals surface area contributed by atoms with E-state index in [1.54, 1.807) is 0 Å². The molecule has 0 amide bonds. The predicted molar refractivity (Wildman–Crippen MR) is 238 cm³/mol. The van der Waals surface area contributed by atoms with Crippen LogP contribution in [0, 0.1) is 0 Å². The van der Waals surface area contributed by atoms with Crippen molar-refractivity contribution in [3.8, 4) is 55.6 Å². The van der Waals surface area contributed by atoms with Crippen LogP contribution in [-0.2, 0) is 5.41 Å². The number of hydrogen-bond donors (Lipinski definition) is 0. The van der Waals surface area contributed by atoms with E-state index < -0.39 is 0 Å². The summed E-state index contributed by atoms with van der Waals surface area (Å²) in [6.45, 7) is 4.71. The largest absolute Gasteiger partial charge is 0.310 e. The normalized spacial score (nSPS) is 12.6. The highest BCUT2D eigenvalue weighted by Gasteiger charge is 2.37. The fourth-order valence-corrected chi connectivity index (χ4v) is 8.71. The molecule has 0 heterocycles. The number of anilines is 3. The van der Waals surface area contributed by atoms with Crippen molar-refractivity contribution in [1.82, 2.24) is 0 Å². The first-order valence-electron chi connectivity index (χ1n) is 19.5. The van der Waals surface area contributed by atoms with Crippen molar-refractivity contribution in [3.63, 3.8) is 0 Å². The highest BCUT2D eigenvalue weighted by molar-refractivity contribution is 5.96. The molecule has 0 saturated carbocycles. The smallest absolute Gasteiger partial charge is 0.0543 e. The summed E-state index contributed by atoms with van der Waals surface area (Å²) in [5.41, 5.74) is 18.3. The lowest BCUT2D eigenvalue weighted by atomic mass is 9.82. The van der Waals surface area contributed by atoms with E-state index >= 15 is 0 Å². The van der Waals surface area contributed by atoms with Crippen LogP contribution in [0.25, 0.3) is 66.4 Å². The van der Waals surface area contributed by atoms with Gasteiger partial charge in [0.15, 0.2) is 0 Å². The van der Waals surface area contributed by atoms with E-state index in [0.717, 1.165) is 11.4 Å². The molecule has 0 atom stereocenters. The molecule has 0 saturated heterocycles. The molecule has 266 valence electrons. The van der Waals surface area contributed by atoms with Gasteiger partial charge in [-0.25, -0.2) is 0 Å². The average Bonchev–Trinajstić information content (AvgIpc) is 3.50. The minimum atomic E-state index is -0.101. The third kappa shape index (κ3) is 5.90. The summed E-state index contributed by atoms with van der Waals surface area (Å²) >= 11 is 0. The molecule has 0 aliphatic heterocycles. The van der Waals surface area contributed by atoms with E-state index in [9.17, 15) is 0 Å². The van der Waals surface area contributed by atoms with Crippen LogP contribution in [0.2, 0.25) is 0 Å². The van der Waals surface area contributed by atoms with Crippen LogP contribution in [0.15, 0.2) is 212 Å². The van der Waals surface area contributed by atoms with Gasteiger partial charge in [-0.2, -0.15) is 0 Å².